The van der Waals surface area contributed by atoms with Gasteiger partial charge in [-0.3, -0.25) is 9.67 Å². The van der Waals surface area contributed by atoms with Crippen LogP contribution in [0.2, 0.25) is 0 Å². The maximum Gasteiger partial charge on any atom is 0.193 e. The highest BCUT2D eigenvalue weighted by Crippen LogP contribution is 2.26. The first-order chi connectivity index (χ1) is 13.9. The largest absolute Gasteiger partial charge is 0.370 e. The van der Waals surface area contributed by atoms with Gasteiger partial charge in [0.1, 0.15) is 6.10 Å². The molecule has 1 aliphatic heterocycles. The molecule has 2 heterocycles. The second-order valence-electron chi connectivity index (χ2n) is 8.31. The van der Waals surface area contributed by atoms with Crippen LogP contribution in [-0.4, -0.2) is 53.9 Å². The van der Waals surface area contributed by atoms with Gasteiger partial charge in [0, 0.05) is 32.4 Å². The number of aliphatic imine (C=N–C) groups is 1. The van der Waals surface area contributed by atoms with Crippen LogP contribution in [0.1, 0.15) is 41.1 Å². The third-order valence-electron chi connectivity index (χ3n) is 5.55. The first kappa shape index (κ1) is 21.4. The van der Waals surface area contributed by atoms with E-state index in [0.29, 0.717) is 12.5 Å². The number of benzene rings is 1. The van der Waals surface area contributed by atoms with Crippen molar-refractivity contribution in [2.24, 2.45) is 10.9 Å². The van der Waals surface area contributed by atoms with Crippen molar-refractivity contribution in [2.75, 3.05) is 33.3 Å². The zero-order valence-corrected chi connectivity index (χ0v) is 18.7. The molecule has 2 atom stereocenters. The van der Waals surface area contributed by atoms with Gasteiger partial charge in [0.25, 0.3) is 0 Å². The summed E-state index contributed by atoms with van der Waals surface area (Å²) in [6, 6.07) is 8.72. The Morgan fingerprint density at radius 1 is 1.28 bits per heavy atom. The molecule has 0 saturated carbocycles. The Hall–Kier alpha value is -2.34. The fraction of sp³-hybridized carbons (Fsp3) is 0.565. The molecule has 158 valence electrons. The zero-order chi connectivity index (χ0) is 21.0. The maximum absolute atomic E-state index is 6.09. The number of aromatic nitrogens is 2. The van der Waals surface area contributed by atoms with E-state index in [9.17, 15) is 0 Å². The van der Waals surface area contributed by atoms with Crippen LogP contribution in [0.3, 0.4) is 0 Å². The summed E-state index contributed by atoms with van der Waals surface area (Å²) in [4.78, 5) is 6.84. The van der Waals surface area contributed by atoms with Gasteiger partial charge in [-0.2, -0.15) is 5.10 Å². The predicted octanol–water partition coefficient (Wildman–Crippen LogP) is 3.40. The van der Waals surface area contributed by atoms with Crippen LogP contribution in [0.25, 0.3) is 0 Å². The Morgan fingerprint density at radius 3 is 2.72 bits per heavy atom. The highest BCUT2D eigenvalue weighted by Gasteiger charge is 2.25. The standard InChI is InChI=1S/C23H35N5O/c1-16-7-8-21(18(3)11-16)22-15-27(9-10-29-22)23(24-6)25-13-17(2)14-28-20(5)12-19(4)26-28/h7-8,11-12,17,22H,9-10,13-15H2,1-6H3,(H,24,25). The number of rotatable bonds is 5. The summed E-state index contributed by atoms with van der Waals surface area (Å²) in [6.07, 6.45) is 0.0787. The van der Waals surface area contributed by atoms with E-state index in [0.717, 1.165) is 37.8 Å². The molecule has 1 saturated heterocycles. The summed E-state index contributed by atoms with van der Waals surface area (Å²) in [6.45, 7) is 14.8. The minimum atomic E-state index is 0.0787. The van der Waals surface area contributed by atoms with Crippen LogP contribution in [0, 0.1) is 33.6 Å². The Labute approximate surface area is 175 Å². The molecule has 2 unspecified atom stereocenters. The van der Waals surface area contributed by atoms with E-state index in [1.807, 2.05) is 14.0 Å². The molecule has 6 nitrogen and oxygen atoms in total. The van der Waals surface area contributed by atoms with Crippen molar-refractivity contribution in [3.05, 3.63) is 52.3 Å². The number of morpholine rings is 1. The van der Waals surface area contributed by atoms with Gasteiger partial charge >= 0.3 is 0 Å². The van der Waals surface area contributed by atoms with Gasteiger partial charge in [0.05, 0.1) is 18.8 Å². The molecule has 6 heteroatoms. The lowest BCUT2D eigenvalue weighted by Crippen LogP contribution is -2.49. The molecular formula is C23H35N5O. The Balaban J connectivity index is 1.58. The van der Waals surface area contributed by atoms with E-state index in [4.69, 9.17) is 4.74 Å². The third-order valence-corrected chi connectivity index (χ3v) is 5.55. The fourth-order valence-electron chi connectivity index (χ4n) is 4.03. The molecule has 2 aromatic rings. The molecule has 1 aromatic carbocycles. The van der Waals surface area contributed by atoms with Gasteiger partial charge < -0.3 is 15.0 Å². The molecule has 0 radical (unpaired) electrons. The lowest BCUT2D eigenvalue weighted by molar-refractivity contribution is -0.00837. The minimum absolute atomic E-state index is 0.0787. The number of guanidine groups is 1. The number of ether oxygens (including phenoxy) is 1. The number of hydrogen-bond donors (Lipinski definition) is 1. The van der Waals surface area contributed by atoms with E-state index < -0.39 is 0 Å². The van der Waals surface area contributed by atoms with Crippen molar-refractivity contribution in [3.63, 3.8) is 0 Å². The van der Waals surface area contributed by atoms with Crippen LogP contribution in [0.15, 0.2) is 29.3 Å². The average molecular weight is 398 g/mol. The molecule has 3 rings (SSSR count). The van der Waals surface area contributed by atoms with Crippen molar-refractivity contribution >= 4 is 5.96 Å². The lowest BCUT2D eigenvalue weighted by atomic mass is 10.00. The molecule has 29 heavy (non-hydrogen) atoms. The summed E-state index contributed by atoms with van der Waals surface area (Å²) in [5, 5.41) is 8.14. The normalized spacial score (nSPS) is 18.8. The summed E-state index contributed by atoms with van der Waals surface area (Å²) < 4.78 is 8.19. The Kier molecular flexibility index (Phi) is 6.96. The highest BCUT2D eigenvalue weighted by atomic mass is 16.5. The zero-order valence-electron chi connectivity index (χ0n) is 18.7. The van der Waals surface area contributed by atoms with Gasteiger partial charge in [-0.15, -0.1) is 0 Å². The molecule has 1 aromatic heterocycles. The molecule has 0 amide bonds. The average Bonchev–Trinajstić information content (AvgIpc) is 2.99. The van der Waals surface area contributed by atoms with Crippen LogP contribution in [0.4, 0.5) is 0 Å². The van der Waals surface area contributed by atoms with Crippen LogP contribution in [0.5, 0.6) is 0 Å². The van der Waals surface area contributed by atoms with E-state index in [1.165, 1.54) is 22.4 Å². The van der Waals surface area contributed by atoms with Gasteiger partial charge in [0.15, 0.2) is 5.96 Å². The monoisotopic (exact) mass is 397 g/mol. The van der Waals surface area contributed by atoms with Crippen molar-refractivity contribution in [1.29, 1.82) is 0 Å². The number of nitrogens with one attached hydrogen (secondary N) is 1. The number of aryl methyl sites for hydroxylation is 4. The summed E-state index contributed by atoms with van der Waals surface area (Å²) in [5.74, 6) is 1.39. The number of hydrogen-bond acceptors (Lipinski definition) is 3. The van der Waals surface area contributed by atoms with Crippen LogP contribution >= 0.6 is 0 Å². The highest BCUT2D eigenvalue weighted by molar-refractivity contribution is 5.80. The molecular weight excluding hydrogens is 362 g/mol. The van der Waals surface area contributed by atoms with E-state index >= 15 is 0 Å². The summed E-state index contributed by atoms with van der Waals surface area (Å²) >= 11 is 0. The third kappa shape index (κ3) is 5.38. The minimum Gasteiger partial charge on any atom is -0.370 e. The topological polar surface area (TPSA) is 54.7 Å². The second-order valence-corrected chi connectivity index (χ2v) is 8.31. The molecule has 0 aliphatic carbocycles. The van der Waals surface area contributed by atoms with Crippen molar-refractivity contribution < 1.29 is 4.74 Å². The van der Waals surface area contributed by atoms with Crippen LogP contribution < -0.4 is 5.32 Å². The summed E-state index contributed by atoms with van der Waals surface area (Å²) in [5.41, 5.74) is 6.13. The first-order valence-corrected chi connectivity index (χ1v) is 10.5. The molecule has 0 bridgehead atoms. The van der Waals surface area contributed by atoms with Gasteiger partial charge in [-0.1, -0.05) is 30.7 Å². The van der Waals surface area contributed by atoms with Crippen molar-refractivity contribution in [3.8, 4) is 0 Å². The maximum atomic E-state index is 6.09. The smallest absolute Gasteiger partial charge is 0.193 e. The number of nitrogens with zero attached hydrogens (tertiary/aromatic N) is 4. The van der Waals surface area contributed by atoms with Gasteiger partial charge in [-0.25, -0.2) is 0 Å². The molecule has 0 spiro atoms. The van der Waals surface area contributed by atoms with Crippen molar-refractivity contribution in [1.82, 2.24) is 20.0 Å². The van der Waals surface area contributed by atoms with Gasteiger partial charge in [0.2, 0.25) is 0 Å². The van der Waals surface area contributed by atoms with Gasteiger partial charge in [-0.05, 0) is 50.8 Å². The molecule has 1 N–H and O–H groups in total. The van der Waals surface area contributed by atoms with Crippen LogP contribution in [-0.2, 0) is 11.3 Å². The van der Waals surface area contributed by atoms with E-state index in [1.54, 1.807) is 0 Å². The Bertz CT molecular complexity index is 857. The summed E-state index contributed by atoms with van der Waals surface area (Å²) in [7, 11) is 1.86. The van der Waals surface area contributed by atoms with E-state index in [-0.39, 0.29) is 6.10 Å². The molecule has 1 fully saturated rings. The quantitative estimate of drug-likeness (QED) is 0.621. The second kappa shape index (κ2) is 9.44. The Morgan fingerprint density at radius 2 is 2.07 bits per heavy atom. The molecule has 1 aliphatic rings. The SMILES string of the molecule is CN=C(NCC(C)Cn1nc(C)cc1C)N1CCOC(c2ccc(C)cc2C)C1. The first-order valence-electron chi connectivity index (χ1n) is 10.5. The fourth-order valence-corrected chi connectivity index (χ4v) is 4.03. The van der Waals surface area contributed by atoms with E-state index in [2.05, 4.69) is 77.0 Å². The van der Waals surface area contributed by atoms with Crippen molar-refractivity contribution in [2.45, 2.75) is 47.3 Å². The predicted molar refractivity (Wildman–Crippen MR) is 118 cm³/mol. The lowest BCUT2D eigenvalue weighted by Gasteiger charge is -2.36.